The molecule has 0 saturated carbocycles. The third-order valence-electron chi connectivity index (χ3n) is 6.00. The number of amides is 2. The fraction of sp³-hybridized carbons (Fsp3) is 0.333. The van der Waals surface area contributed by atoms with E-state index in [1.807, 2.05) is 42.5 Å². The van der Waals surface area contributed by atoms with Crippen LogP contribution in [0.25, 0.3) is 11.4 Å². The molecule has 0 radical (unpaired) electrons. The van der Waals surface area contributed by atoms with E-state index in [0.29, 0.717) is 29.9 Å². The first-order valence-electron chi connectivity index (χ1n) is 10.9. The second-order valence-corrected chi connectivity index (χ2v) is 8.10. The van der Waals surface area contributed by atoms with E-state index in [1.165, 1.54) is 6.42 Å². The van der Waals surface area contributed by atoms with Gasteiger partial charge in [0.15, 0.2) is 5.82 Å². The van der Waals surface area contributed by atoms with E-state index in [-0.39, 0.29) is 11.8 Å². The summed E-state index contributed by atoms with van der Waals surface area (Å²) in [5.74, 6) is 1.71. The van der Waals surface area contributed by atoms with Crippen LogP contribution in [-0.4, -0.2) is 33.1 Å². The zero-order valence-corrected chi connectivity index (χ0v) is 17.4. The molecule has 1 aromatic heterocycles. The van der Waals surface area contributed by atoms with Gasteiger partial charge >= 0.3 is 0 Å². The molecule has 2 aliphatic rings. The van der Waals surface area contributed by atoms with Gasteiger partial charge in [0.1, 0.15) is 5.82 Å². The van der Waals surface area contributed by atoms with Crippen LogP contribution in [-0.2, 0) is 17.8 Å². The molecular formula is C24H25N5O2. The van der Waals surface area contributed by atoms with Crippen LogP contribution < -0.4 is 10.2 Å². The van der Waals surface area contributed by atoms with E-state index >= 15 is 0 Å². The molecule has 7 nitrogen and oxygen atoms in total. The van der Waals surface area contributed by atoms with Crippen LogP contribution in [0.2, 0.25) is 0 Å². The van der Waals surface area contributed by atoms with Gasteiger partial charge < -0.3 is 14.8 Å². The molecule has 7 heteroatoms. The summed E-state index contributed by atoms with van der Waals surface area (Å²) in [6.45, 7) is 1.57. The Morgan fingerprint density at radius 1 is 0.903 bits per heavy atom. The van der Waals surface area contributed by atoms with Gasteiger partial charge in [-0.25, -0.2) is 0 Å². The average molecular weight is 415 g/mol. The molecule has 2 aromatic carbocycles. The molecule has 0 aliphatic carbocycles. The van der Waals surface area contributed by atoms with Gasteiger partial charge in [0.05, 0.1) is 11.3 Å². The monoisotopic (exact) mass is 415 g/mol. The number of fused-ring (bicyclic) bond motifs is 1. The number of carbonyl (C=O) groups is 2. The van der Waals surface area contributed by atoms with Crippen LogP contribution in [0, 0.1) is 0 Å². The van der Waals surface area contributed by atoms with Crippen molar-refractivity contribution in [1.82, 2.24) is 14.8 Å². The highest BCUT2D eigenvalue weighted by Gasteiger charge is 2.25. The molecule has 0 bridgehead atoms. The standard InChI is InChI=1S/C24H25N5O2/c30-22-13-7-15-28(22)20-11-4-3-10-19(20)24(31)25-18-9-6-8-17(16-18)23-27-26-21-12-2-1-5-14-29(21)23/h3-4,6,8-11,16H,1-2,5,7,12-15H2,(H,25,31). The first-order valence-corrected chi connectivity index (χ1v) is 10.9. The molecule has 2 aliphatic heterocycles. The largest absolute Gasteiger partial charge is 0.322 e. The molecule has 3 aromatic rings. The second kappa shape index (κ2) is 8.34. The molecule has 31 heavy (non-hydrogen) atoms. The molecular weight excluding hydrogens is 390 g/mol. The number of hydrogen-bond acceptors (Lipinski definition) is 4. The van der Waals surface area contributed by atoms with Crippen molar-refractivity contribution < 1.29 is 9.59 Å². The van der Waals surface area contributed by atoms with Crippen molar-refractivity contribution in [2.24, 2.45) is 0 Å². The quantitative estimate of drug-likeness (QED) is 0.697. The SMILES string of the molecule is O=C(Nc1cccc(-c2nnc3n2CCCCC3)c1)c1ccccc1N1CCCC1=O. The van der Waals surface area contributed by atoms with Gasteiger partial charge in [-0.1, -0.05) is 30.7 Å². The third-order valence-corrected chi connectivity index (χ3v) is 6.00. The lowest BCUT2D eigenvalue weighted by atomic mass is 10.1. The van der Waals surface area contributed by atoms with E-state index in [1.54, 1.807) is 11.0 Å². The van der Waals surface area contributed by atoms with E-state index in [0.717, 1.165) is 49.4 Å². The fourth-order valence-corrected chi connectivity index (χ4v) is 4.44. The maximum atomic E-state index is 13.1. The molecule has 1 N–H and O–H groups in total. The van der Waals surface area contributed by atoms with Crippen molar-refractivity contribution in [1.29, 1.82) is 0 Å². The second-order valence-electron chi connectivity index (χ2n) is 8.10. The first kappa shape index (κ1) is 19.5. The lowest BCUT2D eigenvalue weighted by Crippen LogP contribution is -2.27. The topological polar surface area (TPSA) is 80.1 Å². The van der Waals surface area contributed by atoms with E-state index in [9.17, 15) is 9.59 Å². The van der Waals surface area contributed by atoms with Crippen LogP contribution in [0.5, 0.6) is 0 Å². The number of benzene rings is 2. The highest BCUT2D eigenvalue weighted by atomic mass is 16.2. The summed E-state index contributed by atoms with van der Waals surface area (Å²) in [5.41, 5.74) is 2.79. The van der Waals surface area contributed by atoms with Gasteiger partial charge in [-0.05, 0) is 43.5 Å². The summed E-state index contributed by atoms with van der Waals surface area (Å²) in [6.07, 6.45) is 5.78. The Hall–Kier alpha value is -3.48. The van der Waals surface area contributed by atoms with Gasteiger partial charge in [0.25, 0.3) is 5.91 Å². The lowest BCUT2D eigenvalue weighted by molar-refractivity contribution is -0.117. The summed E-state index contributed by atoms with van der Waals surface area (Å²) < 4.78 is 2.20. The lowest BCUT2D eigenvalue weighted by Gasteiger charge is -2.19. The van der Waals surface area contributed by atoms with Crippen molar-refractivity contribution in [3.8, 4) is 11.4 Å². The van der Waals surface area contributed by atoms with Gasteiger partial charge in [-0.2, -0.15) is 0 Å². The third kappa shape index (κ3) is 3.83. The normalized spacial score (nSPS) is 16.1. The molecule has 158 valence electrons. The molecule has 1 fully saturated rings. The highest BCUT2D eigenvalue weighted by Crippen LogP contribution is 2.28. The Morgan fingerprint density at radius 3 is 2.68 bits per heavy atom. The number of aryl methyl sites for hydroxylation is 1. The van der Waals surface area contributed by atoms with Crippen molar-refractivity contribution in [3.63, 3.8) is 0 Å². The highest BCUT2D eigenvalue weighted by molar-refractivity contribution is 6.11. The van der Waals surface area contributed by atoms with Crippen molar-refractivity contribution in [2.75, 3.05) is 16.8 Å². The van der Waals surface area contributed by atoms with Crippen molar-refractivity contribution >= 4 is 23.2 Å². The number of nitrogens with one attached hydrogen (secondary N) is 1. The van der Waals surface area contributed by atoms with Crippen molar-refractivity contribution in [2.45, 2.75) is 45.1 Å². The molecule has 5 rings (SSSR count). The summed E-state index contributed by atoms with van der Waals surface area (Å²) >= 11 is 0. The number of rotatable bonds is 4. The van der Waals surface area contributed by atoms with Crippen LogP contribution in [0.1, 0.15) is 48.3 Å². The van der Waals surface area contributed by atoms with Crippen LogP contribution >= 0.6 is 0 Å². The van der Waals surface area contributed by atoms with Gasteiger partial charge in [0.2, 0.25) is 5.91 Å². The Labute approximate surface area is 181 Å². The van der Waals surface area contributed by atoms with Gasteiger partial charge in [-0.3, -0.25) is 9.59 Å². The van der Waals surface area contributed by atoms with Gasteiger partial charge in [-0.15, -0.1) is 10.2 Å². The number of anilines is 2. The predicted molar refractivity (Wildman–Crippen MR) is 119 cm³/mol. The zero-order chi connectivity index (χ0) is 21.2. The summed E-state index contributed by atoms with van der Waals surface area (Å²) in [4.78, 5) is 27.0. The smallest absolute Gasteiger partial charge is 0.257 e. The number of para-hydroxylation sites is 1. The Morgan fingerprint density at radius 2 is 1.81 bits per heavy atom. The Bertz CT molecular complexity index is 1140. The van der Waals surface area contributed by atoms with E-state index < -0.39 is 0 Å². The maximum absolute atomic E-state index is 13.1. The number of hydrogen-bond donors (Lipinski definition) is 1. The number of aromatic nitrogens is 3. The Kier molecular flexibility index (Phi) is 5.24. The summed E-state index contributed by atoms with van der Waals surface area (Å²) in [7, 11) is 0. The predicted octanol–water partition coefficient (Wildman–Crippen LogP) is 4.05. The number of nitrogens with zero attached hydrogens (tertiary/aromatic N) is 4. The van der Waals surface area contributed by atoms with E-state index in [2.05, 4.69) is 20.1 Å². The minimum absolute atomic E-state index is 0.0646. The fourth-order valence-electron chi connectivity index (χ4n) is 4.44. The molecule has 1 saturated heterocycles. The van der Waals surface area contributed by atoms with Crippen LogP contribution in [0.15, 0.2) is 48.5 Å². The van der Waals surface area contributed by atoms with Crippen molar-refractivity contribution in [3.05, 3.63) is 59.9 Å². The molecule has 0 unspecified atom stereocenters. The minimum atomic E-state index is -0.229. The summed E-state index contributed by atoms with van der Waals surface area (Å²) in [6, 6.07) is 15.0. The van der Waals surface area contributed by atoms with E-state index in [4.69, 9.17) is 0 Å². The van der Waals surface area contributed by atoms with Crippen LogP contribution in [0.3, 0.4) is 0 Å². The molecule has 0 atom stereocenters. The molecule has 2 amide bonds. The van der Waals surface area contributed by atoms with Crippen LogP contribution in [0.4, 0.5) is 11.4 Å². The van der Waals surface area contributed by atoms with Gasteiger partial charge in [0, 0.05) is 37.2 Å². The maximum Gasteiger partial charge on any atom is 0.257 e. The zero-order valence-electron chi connectivity index (χ0n) is 17.4. The number of carbonyl (C=O) groups excluding carboxylic acids is 2. The molecule has 0 spiro atoms. The summed E-state index contributed by atoms with van der Waals surface area (Å²) in [5, 5.41) is 11.8. The Balaban J connectivity index is 1.41. The molecule has 3 heterocycles. The minimum Gasteiger partial charge on any atom is -0.322 e. The first-order chi connectivity index (χ1) is 15.2. The average Bonchev–Trinajstić information content (AvgIpc) is 3.33.